The van der Waals surface area contributed by atoms with Gasteiger partial charge >= 0.3 is 0 Å². The molecule has 1 rings (SSSR count). The number of rotatable bonds is 3. The molecule has 15 heavy (non-hydrogen) atoms. The highest BCUT2D eigenvalue weighted by atomic mass is 79.9. The summed E-state index contributed by atoms with van der Waals surface area (Å²) in [6, 6.07) is 3.68. The topological polar surface area (TPSA) is 67.8 Å². The van der Waals surface area contributed by atoms with Crippen molar-refractivity contribution in [2.45, 2.75) is 0 Å². The monoisotopic (exact) mass is 400 g/mol. The number of hydrogen-bond donors (Lipinski definition) is 2. The van der Waals surface area contributed by atoms with Crippen LogP contribution in [-0.2, 0) is 0 Å². The molecule has 0 spiro atoms. The maximum absolute atomic E-state index is 8.35. The fourth-order valence-electron chi connectivity index (χ4n) is 0.842. The highest BCUT2D eigenvalue weighted by molar-refractivity contribution is 9.11. The van der Waals surface area contributed by atoms with Crippen LogP contribution in [0.4, 0.5) is 0 Å². The van der Waals surface area contributed by atoms with Crippen LogP contribution in [-0.4, -0.2) is 17.6 Å². The van der Waals surface area contributed by atoms with Gasteiger partial charge in [-0.3, -0.25) is 0 Å². The zero-order valence-electron chi connectivity index (χ0n) is 7.38. The van der Waals surface area contributed by atoms with Crippen molar-refractivity contribution >= 4 is 53.6 Å². The fraction of sp³-hybridized carbons (Fsp3) is 0.125. The number of benzene rings is 1. The second-order valence-corrected chi connectivity index (χ2v) is 5.20. The van der Waals surface area contributed by atoms with E-state index in [1.807, 2.05) is 12.1 Å². The molecule has 0 unspecified atom stereocenters. The van der Waals surface area contributed by atoms with Crippen LogP contribution in [0.3, 0.4) is 0 Å². The van der Waals surface area contributed by atoms with Crippen molar-refractivity contribution in [1.82, 2.24) is 0 Å². The summed E-state index contributed by atoms with van der Waals surface area (Å²) in [5.74, 6) is 0.613. The largest absolute Gasteiger partial charge is 0.483 e. The Morgan fingerprint density at radius 3 is 2.33 bits per heavy atom. The number of ether oxygens (including phenoxy) is 1. The van der Waals surface area contributed by atoms with E-state index in [2.05, 4.69) is 52.9 Å². The first-order valence-corrected chi connectivity index (χ1v) is 6.16. The Kier molecular flexibility index (Phi) is 4.88. The molecule has 1 aromatic carbocycles. The lowest BCUT2D eigenvalue weighted by molar-refractivity contribution is 0.305. The fourth-order valence-corrected chi connectivity index (χ4v) is 3.33. The number of oxime groups is 1. The molecule has 3 N–H and O–H groups in total. The molecule has 0 saturated carbocycles. The number of nitrogens with zero attached hydrogens (tertiary/aromatic N) is 1. The zero-order valence-corrected chi connectivity index (χ0v) is 12.1. The predicted molar refractivity (Wildman–Crippen MR) is 68.4 cm³/mol. The molecule has 4 nitrogen and oxygen atoms in total. The first kappa shape index (κ1) is 12.8. The molecule has 0 fully saturated rings. The Hall–Kier alpha value is -0.270. The Labute approximate surface area is 112 Å². The number of halogens is 3. The van der Waals surface area contributed by atoms with Gasteiger partial charge in [0.25, 0.3) is 0 Å². The van der Waals surface area contributed by atoms with E-state index < -0.39 is 0 Å². The molecule has 0 aliphatic carbocycles. The predicted octanol–water partition coefficient (Wildman–Crippen LogP) is 3.10. The first-order valence-electron chi connectivity index (χ1n) is 3.78. The van der Waals surface area contributed by atoms with Gasteiger partial charge in [-0.05, 0) is 44.0 Å². The van der Waals surface area contributed by atoms with Crippen molar-refractivity contribution in [3.05, 3.63) is 25.6 Å². The van der Waals surface area contributed by atoms with Crippen molar-refractivity contribution in [3.8, 4) is 5.75 Å². The second kappa shape index (κ2) is 5.72. The van der Waals surface area contributed by atoms with E-state index >= 15 is 0 Å². The molecule has 0 aromatic heterocycles. The van der Waals surface area contributed by atoms with E-state index in [1.54, 1.807) is 0 Å². The molecule has 0 saturated heterocycles. The van der Waals surface area contributed by atoms with Gasteiger partial charge in [0.1, 0.15) is 12.4 Å². The number of nitrogens with two attached hydrogens (primary N) is 1. The third kappa shape index (κ3) is 3.66. The quantitative estimate of drug-likeness (QED) is 0.353. The SMILES string of the molecule is N/C(COc1c(Br)cc(Br)cc1Br)=N\O. The van der Waals surface area contributed by atoms with E-state index in [1.165, 1.54) is 0 Å². The highest BCUT2D eigenvalue weighted by Crippen LogP contribution is 2.36. The van der Waals surface area contributed by atoms with Crippen molar-refractivity contribution < 1.29 is 9.94 Å². The summed E-state index contributed by atoms with van der Waals surface area (Å²) in [7, 11) is 0. The van der Waals surface area contributed by atoms with Crippen LogP contribution >= 0.6 is 47.8 Å². The van der Waals surface area contributed by atoms with Crippen LogP contribution in [0.2, 0.25) is 0 Å². The van der Waals surface area contributed by atoms with Crippen molar-refractivity contribution in [2.24, 2.45) is 10.9 Å². The normalized spacial score (nSPS) is 11.5. The standard InChI is InChI=1S/C8H7Br3N2O2/c9-4-1-5(10)8(6(11)2-4)15-3-7(12)13-14/h1-2,14H,3H2,(H2,12,13). The third-order valence-corrected chi connectivity index (χ3v) is 3.09. The maximum Gasteiger partial charge on any atom is 0.177 e. The van der Waals surface area contributed by atoms with Gasteiger partial charge in [0.2, 0.25) is 0 Å². The van der Waals surface area contributed by atoms with Gasteiger partial charge in [0, 0.05) is 4.47 Å². The summed E-state index contributed by atoms with van der Waals surface area (Å²) >= 11 is 10.0. The minimum atomic E-state index is 0.0109. The second-order valence-electron chi connectivity index (χ2n) is 2.58. The Bertz CT molecular complexity index is 372. The van der Waals surface area contributed by atoms with Gasteiger partial charge in [0.15, 0.2) is 5.84 Å². The van der Waals surface area contributed by atoms with Crippen LogP contribution in [0.15, 0.2) is 30.7 Å². The lowest BCUT2D eigenvalue weighted by atomic mass is 10.3. The van der Waals surface area contributed by atoms with E-state index in [0.29, 0.717) is 5.75 Å². The van der Waals surface area contributed by atoms with Crippen molar-refractivity contribution in [3.63, 3.8) is 0 Å². The number of amidine groups is 1. The van der Waals surface area contributed by atoms with Gasteiger partial charge < -0.3 is 15.7 Å². The molecular formula is C8H7Br3N2O2. The van der Waals surface area contributed by atoms with E-state index in [9.17, 15) is 0 Å². The molecule has 1 aromatic rings. The van der Waals surface area contributed by atoms with Crippen molar-refractivity contribution in [2.75, 3.05) is 6.61 Å². The Morgan fingerprint density at radius 1 is 1.33 bits per heavy atom. The summed E-state index contributed by atoms with van der Waals surface area (Å²) in [5, 5.41) is 11.2. The van der Waals surface area contributed by atoms with E-state index in [-0.39, 0.29) is 12.4 Å². The van der Waals surface area contributed by atoms with Gasteiger partial charge in [-0.25, -0.2) is 0 Å². The molecular weight excluding hydrogens is 396 g/mol. The lowest BCUT2D eigenvalue weighted by Crippen LogP contribution is -2.21. The summed E-state index contributed by atoms with van der Waals surface area (Å²) in [6.45, 7) is 0.0231. The van der Waals surface area contributed by atoms with E-state index in [4.69, 9.17) is 15.7 Å². The van der Waals surface area contributed by atoms with E-state index in [0.717, 1.165) is 13.4 Å². The zero-order chi connectivity index (χ0) is 11.4. The average molecular weight is 403 g/mol. The average Bonchev–Trinajstić information content (AvgIpc) is 2.15. The molecule has 0 radical (unpaired) electrons. The summed E-state index contributed by atoms with van der Waals surface area (Å²) in [5.41, 5.74) is 5.29. The summed E-state index contributed by atoms with van der Waals surface area (Å²) < 4.78 is 7.80. The molecule has 7 heteroatoms. The summed E-state index contributed by atoms with van der Waals surface area (Å²) in [4.78, 5) is 0. The van der Waals surface area contributed by atoms with Crippen LogP contribution in [0.1, 0.15) is 0 Å². The van der Waals surface area contributed by atoms with Crippen LogP contribution < -0.4 is 10.5 Å². The van der Waals surface area contributed by atoms with Gasteiger partial charge in [-0.2, -0.15) is 0 Å². The van der Waals surface area contributed by atoms with Crippen LogP contribution in [0.25, 0.3) is 0 Å². The first-order chi connectivity index (χ1) is 7.04. The number of hydrogen-bond acceptors (Lipinski definition) is 3. The minimum Gasteiger partial charge on any atom is -0.483 e. The van der Waals surface area contributed by atoms with Gasteiger partial charge in [0.05, 0.1) is 8.95 Å². The lowest BCUT2D eigenvalue weighted by Gasteiger charge is -2.09. The van der Waals surface area contributed by atoms with Gasteiger partial charge in [-0.15, -0.1) is 0 Å². The molecule has 0 atom stereocenters. The third-order valence-electron chi connectivity index (χ3n) is 1.46. The van der Waals surface area contributed by atoms with Crippen LogP contribution in [0, 0.1) is 0 Å². The maximum atomic E-state index is 8.35. The molecule has 0 heterocycles. The molecule has 82 valence electrons. The molecule has 0 amide bonds. The highest BCUT2D eigenvalue weighted by Gasteiger charge is 2.08. The van der Waals surface area contributed by atoms with Crippen molar-refractivity contribution in [1.29, 1.82) is 0 Å². The smallest absolute Gasteiger partial charge is 0.177 e. The Morgan fingerprint density at radius 2 is 1.87 bits per heavy atom. The molecule has 0 aliphatic heterocycles. The minimum absolute atomic E-state index is 0.0109. The molecule has 0 aliphatic rings. The molecule has 0 bridgehead atoms. The van der Waals surface area contributed by atoms with Gasteiger partial charge in [-0.1, -0.05) is 21.1 Å². The Balaban J connectivity index is 2.86. The summed E-state index contributed by atoms with van der Waals surface area (Å²) in [6.07, 6.45) is 0. The van der Waals surface area contributed by atoms with Crippen LogP contribution in [0.5, 0.6) is 5.75 Å².